The Kier molecular flexibility index (Phi) is 7.03. The highest BCUT2D eigenvalue weighted by Gasteiger charge is 2.19. The second-order valence-corrected chi connectivity index (χ2v) is 5.19. The molecule has 0 saturated heterocycles. The van der Waals surface area contributed by atoms with Gasteiger partial charge in [0, 0.05) is 33.4 Å². The van der Waals surface area contributed by atoms with Gasteiger partial charge in [-0.25, -0.2) is 0 Å². The van der Waals surface area contributed by atoms with Crippen LogP contribution in [0.25, 0.3) is 0 Å². The van der Waals surface area contributed by atoms with E-state index in [1.165, 1.54) is 18.5 Å². The molecular weight excluding hydrogens is 220 g/mol. The summed E-state index contributed by atoms with van der Waals surface area (Å²) in [5.41, 5.74) is 0. The summed E-state index contributed by atoms with van der Waals surface area (Å²) in [5, 5.41) is 8.59. The van der Waals surface area contributed by atoms with Gasteiger partial charge >= 0.3 is 0 Å². The molecule has 6 nitrogen and oxygen atoms in total. The number of aliphatic hydroxyl groups excluding tert-OH is 1. The number of hydrogen-bond acceptors (Lipinski definition) is 4. The standard InChI is InChI=1S/C8H20N2O4S/c1-8(7-14-3)9-15(12,13)10(2)5-4-6-11/h8-9,11H,4-7H2,1-3H3. The van der Waals surface area contributed by atoms with Crippen molar-refractivity contribution in [3.8, 4) is 0 Å². The molecular formula is C8H20N2O4S. The van der Waals surface area contributed by atoms with Crippen molar-refractivity contribution in [1.82, 2.24) is 9.03 Å². The summed E-state index contributed by atoms with van der Waals surface area (Å²) in [5.74, 6) is 0. The molecule has 0 aliphatic heterocycles. The lowest BCUT2D eigenvalue weighted by atomic mass is 10.4. The number of methoxy groups -OCH3 is 1. The normalized spacial score (nSPS) is 14.5. The Balaban J connectivity index is 4.16. The van der Waals surface area contributed by atoms with Crippen molar-refractivity contribution in [3.63, 3.8) is 0 Å². The second kappa shape index (κ2) is 7.13. The Morgan fingerprint density at radius 3 is 2.60 bits per heavy atom. The lowest BCUT2D eigenvalue weighted by Crippen LogP contribution is -2.44. The van der Waals surface area contributed by atoms with E-state index in [9.17, 15) is 8.42 Å². The summed E-state index contributed by atoms with van der Waals surface area (Å²) in [6.45, 7) is 2.33. The minimum Gasteiger partial charge on any atom is -0.396 e. The lowest BCUT2D eigenvalue weighted by Gasteiger charge is -2.20. The van der Waals surface area contributed by atoms with Crippen LogP contribution in [-0.4, -0.2) is 57.8 Å². The Morgan fingerprint density at radius 2 is 2.13 bits per heavy atom. The molecule has 0 aliphatic carbocycles. The van der Waals surface area contributed by atoms with E-state index in [1.807, 2.05) is 0 Å². The minimum atomic E-state index is -3.46. The van der Waals surface area contributed by atoms with Gasteiger partial charge in [0.1, 0.15) is 0 Å². The fourth-order valence-corrected chi connectivity index (χ4v) is 2.17. The van der Waals surface area contributed by atoms with Crippen LogP contribution in [0.5, 0.6) is 0 Å². The van der Waals surface area contributed by atoms with Gasteiger partial charge in [0.05, 0.1) is 6.61 Å². The minimum absolute atomic E-state index is 0.0204. The maximum absolute atomic E-state index is 11.6. The molecule has 0 aromatic heterocycles. The van der Waals surface area contributed by atoms with Crippen molar-refractivity contribution in [1.29, 1.82) is 0 Å². The Labute approximate surface area is 91.4 Å². The van der Waals surface area contributed by atoms with Gasteiger partial charge in [0.2, 0.25) is 0 Å². The Morgan fingerprint density at radius 1 is 1.53 bits per heavy atom. The van der Waals surface area contributed by atoms with Gasteiger partial charge in [-0.15, -0.1) is 0 Å². The largest absolute Gasteiger partial charge is 0.396 e. The zero-order chi connectivity index (χ0) is 11.9. The summed E-state index contributed by atoms with van der Waals surface area (Å²) < 4.78 is 31.7. The monoisotopic (exact) mass is 240 g/mol. The van der Waals surface area contributed by atoms with E-state index in [1.54, 1.807) is 6.92 Å². The quantitative estimate of drug-likeness (QED) is 0.580. The van der Waals surface area contributed by atoms with E-state index < -0.39 is 10.2 Å². The van der Waals surface area contributed by atoms with Gasteiger partial charge in [-0.3, -0.25) is 0 Å². The van der Waals surface area contributed by atoms with Crippen LogP contribution >= 0.6 is 0 Å². The number of aliphatic hydroxyl groups is 1. The molecule has 7 heteroatoms. The third-order valence-electron chi connectivity index (χ3n) is 1.81. The smallest absolute Gasteiger partial charge is 0.279 e. The van der Waals surface area contributed by atoms with E-state index >= 15 is 0 Å². The van der Waals surface area contributed by atoms with Gasteiger partial charge in [-0.2, -0.15) is 17.4 Å². The molecule has 0 radical (unpaired) electrons. The van der Waals surface area contributed by atoms with Crippen LogP contribution in [0.3, 0.4) is 0 Å². The van der Waals surface area contributed by atoms with Crippen LogP contribution in [0.1, 0.15) is 13.3 Å². The first-order chi connectivity index (χ1) is 6.94. The van der Waals surface area contributed by atoms with Crippen LogP contribution in [0.4, 0.5) is 0 Å². The molecule has 2 N–H and O–H groups in total. The molecule has 1 unspecified atom stereocenters. The summed E-state index contributed by atoms with van der Waals surface area (Å²) in [7, 11) is -0.478. The van der Waals surface area contributed by atoms with E-state index in [0.29, 0.717) is 19.6 Å². The average Bonchev–Trinajstić information content (AvgIpc) is 2.13. The van der Waals surface area contributed by atoms with E-state index in [2.05, 4.69) is 4.72 Å². The average molecular weight is 240 g/mol. The first-order valence-electron chi connectivity index (χ1n) is 4.77. The van der Waals surface area contributed by atoms with Crippen molar-refractivity contribution < 1.29 is 18.3 Å². The highest BCUT2D eigenvalue weighted by atomic mass is 32.2. The fraction of sp³-hybridized carbons (Fsp3) is 1.00. The molecule has 15 heavy (non-hydrogen) atoms. The molecule has 92 valence electrons. The van der Waals surface area contributed by atoms with Crippen molar-refractivity contribution >= 4 is 10.2 Å². The lowest BCUT2D eigenvalue weighted by molar-refractivity contribution is 0.179. The molecule has 0 amide bonds. The van der Waals surface area contributed by atoms with Crippen LogP contribution in [0, 0.1) is 0 Å². The summed E-state index contributed by atoms with van der Waals surface area (Å²) in [6, 6.07) is -0.267. The number of hydrogen-bond donors (Lipinski definition) is 2. The second-order valence-electron chi connectivity index (χ2n) is 3.38. The predicted molar refractivity (Wildman–Crippen MR) is 57.7 cm³/mol. The summed E-state index contributed by atoms with van der Waals surface area (Å²) >= 11 is 0. The van der Waals surface area contributed by atoms with E-state index in [4.69, 9.17) is 9.84 Å². The highest BCUT2D eigenvalue weighted by molar-refractivity contribution is 7.87. The maximum Gasteiger partial charge on any atom is 0.279 e. The third kappa shape index (κ3) is 6.06. The zero-order valence-corrected chi connectivity index (χ0v) is 10.2. The van der Waals surface area contributed by atoms with Crippen molar-refractivity contribution in [2.75, 3.05) is 33.9 Å². The van der Waals surface area contributed by atoms with Crippen molar-refractivity contribution in [2.45, 2.75) is 19.4 Å². The van der Waals surface area contributed by atoms with Gasteiger partial charge in [0.25, 0.3) is 10.2 Å². The van der Waals surface area contributed by atoms with Crippen LogP contribution in [-0.2, 0) is 14.9 Å². The van der Waals surface area contributed by atoms with Crippen molar-refractivity contribution in [3.05, 3.63) is 0 Å². The fourth-order valence-electron chi connectivity index (χ4n) is 1.04. The Bertz CT molecular complexity index is 255. The topological polar surface area (TPSA) is 78.9 Å². The molecule has 0 aromatic carbocycles. The first-order valence-corrected chi connectivity index (χ1v) is 6.21. The molecule has 0 aromatic rings. The Hall–Kier alpha value is -0.210. The van der Waals surface area contributed by atoms with Crippen LogP contribution in [0.15, 0.2) is 0 Å². The summed E-state index contributed by atoms with van der Waals surface area (Å²) in [6.07, 6.45) is 0.427. The van der Waals surface area contributed by atoms with Crippen LogP contribution < -0.4 is 4.72 Å². The van der Waals surface area contributed by atoms with E-state index in [0.717, 1.165) is 0 Å². The molecule has 0 rings (SSSR count). The van der Waals surface area contributed by atoms with Crippen LogP contribution in [0.2, 0.25) is 0 Å². The summed E-state index contributed by atoms with van der Waals surface area (Å²) in [4.78, 5) is 0. The number of nitrogens with zero attached hydrogens (tertiary/aromatic N) is 1. The van der Waals surface area contributed by atoms with Crippen molar-refractivity contribution in [2.24, 2.45) is 0 Å². The van der Waals surface area contributed by atoms with E-state index in [-0.39, 0.29) is 12.6 Å². The molecule has 0 aliphatic rings. The number of nitrogens with one attached hydrogen (secondary N) is 1. The SMILES string of the molecule is COCC(C)NS(=O)(=O)N(C)CCCO. The molecule has 1 atom stereocenters. The first kappa shape index (κ1) is 14.8. The van der Waals surface area contributed by atoms with Gasteiger partial charge in [-0.05, 0) is 13.3 Å². The molecule has 0 spiro atoms. The molecule has 0 bridgehead atoms. The number of rotatable bonds is 8. The molecule has 0 heterocycles. The van der Waals surface area contributed by atoms with Gasteiger partial charge < -0.3 is 9.84 Å². The number of ether oxygens (including phenoxy) is 1. The van der Waals surface area contributed by atoms with Gasteiger partial charge in [-0.1, -0.05) is 0 Å². The molecule has 0 saturated carbocycles. The maximum atomic E-state index is 11.6. The molecule has 0 fully saturated rings. The van der Waals surface area contributed by atoms with Gasteiger partial charge in [0.15, 0.2) is 0 Å². The predicted octanol–water partition coefficient (Wildman–Crippen LogP) is -0.830. The zero-order valence-electron chi connectivity index (χ0n) is 9.43. The highest BCUT2D eigenvalue weighted by Crippen LogP contribution is 1.97. The third-order valence-corrected chi connectivity index (χ3v) is 3.51.